The molecule has 30 heavy (non-hydrogen) atoms. The lowest BCUT2D eigenvalue weighted by atomic mass is 9.75. The van der Waals surface area contributed by atoms with Crippen LogP contribution < -0.4 is 11.1 Å². The van der Waals surface area contributed by atoms with Gasteiger partial charge in [0.15, 0.2) is 5.96 Å². The van der Waals surface area contributed by atoms with Gasteiger partial charge in [-0.05, 0) is 50.0 Å². The minimum absolute atomic E-state index is 0.0614. The van der Waals surface area contributed by atoms with Crippen molar-refractivity contribution in [1.29, 1.82) is 0 Å². The van der Waals surface area contributed by atoms with Gasteiger partial charge in [-0.15, -0.1) is 0 Å². The summed E-state index contributed by atoms with van der Waals surface area (Å²) in [6.45, 7) is 0. The molecular formula is C25H34N4O. The highest BCUT2D eigenvalue weighted by atomic mass is 16.2. The molecule has 1 amide bonds. The van der Waals surface area contributed by atoms with E-state index in [9.17, 15) is 4.79 Å². The zero-order valence-electron chi connectivity index (χ0n) is 18.0. The number of carbonyl (C=O) groups excluding carboxylic acids is 1. The normalized spacial score (nSPS) is 31.2. The molecule has 0 spiro atoms. The van der Waals surface area contributed by atoms with Crippen molar-refractivity contribution < 1.29 is 4.79 Å². The lowest BCUT2D eigenvalue weighted by Gasteiger charge is -2.36. The minimum atomic E-state index is -0.714. The molecule has 3 aliphatic rings. The first kappa shape index (κ1) is 20.9. The second-order valence-electron chi connectivity index (χ2n) is 9.11. The summed E-state index contributed by atoms with van der Waals surface area (Å²) in [5.41, 5.74) is 6.63. The van der Waals surface area contributed by atoms with E-state index in [1.54, 1.807) is 11.9 Å². The fourth-order valence-electron chi connectivity index (χ4n) is 5.26. The molecule has 5 heteroatoms. The van der Waals surface area contributed by atoms with Crippen molar-refractivity contribution in [1.82, 2.24) is 10.2 Å². The number of hydrogen-bond acceptors (Lipinski definition) is 4. The lowest BCUT2D eigenvalue weighted by Crippen LogP contribution is -2.45. The maximum absolute atomic E-state index is 13.2. The number of hydrogen-bond donors (Lipinski definition) is 2. The Morgan fingerprint density at radius 1 is 1.23 bits per heavy atom. The van der Waals surface area contributed by atoms with Gasteiger partial charge in [-0.25, -0.2) is 4.99 Å². The van der Waals surface area contributed by atoms with E-state index in [-0.39, 0.29) is 5.91 Å². The van der Waals surface area contributed by atoms with Crippen LogP contribution in [-0.2, 0) is 11.2 Å². The van der Waals surface area contributed by atoms with Crippen LogP contribution in [0, 0.1) is 5.92 Å². The molecule has 1 unspecified atom stereocenters. The van der Waals surface area contributed by atoms with Crippen LogP contribution in [0.5, 0.6) is 0 Å². The first-order valence-corrected chi connectivity index (χ1v) is 11.3. The van der Waals surface area contributed by atoms with Crippen molar-refractivity contribution in [2.45, 2.75) is 69.0 Å². The highest BCUT2D eigenvalue weighted by molar-refractivity contribution is 6.06. The Balaban J connectivity index is 1.44. The number of allylic oxidation sites excluding steroid dienone is 2. The van der Waals surface area contributed by atoms with Crippen molar-refractivity contribution in [3.63, 3.8) is 0 Å². The third kappa shape index (κ3) is 4.67. The maximum atomic E-state index is 13.2. The first-order chi connectivity index (χ1) is 14.6. The summed E-state index contributed by atoms with van der Waals surface area (Å²) in [7, 11) is 1.75. The van der Waals surface area contributed by atoms with E-state index >= 15 is 0 Å². The van der Waals surface area contributed by atoms with E-state index in [0.29, 0.717) is 30.4 Å². The summed E-state index contributed by atoms with van der Waals surface area (Å²) in [5.74, 6) is 0.908. The standard InChI is InChI=1S/C25H34N4O/c1-29-23(30)25(28-24(29)26,16-15-19-9-4-2-5-10-19)18-20-11-8-14-22(17-20)27-21-12-6-3-7-13-21/h2-7,9-10,12,20-22,27H,8,11,13-18H2,1H3,(H2,26,28)/t20-,21?,22+,25+/m0/s1. The summed E-state index contributed by atoms with van der Waals surface area (Å²) in [6, 6.07) is 11.3. The zero-order valence-corrected chi connectivity index (χ0v) is 18.0. The van der Waals surface area contributed by atoms with E-state index in [1.165, 1.54) is 18.4 Å². The lowest BCUT2D eigenvalue weighted by molar-refractivity contribution is -0.131. The topological polar surface area (TPSA) is 70.7 Å². The van der Waals surface area contributed by atoms with E-state index < -0.39 is 5.54 Å². The molecule has 0 saturated heterocycles. The number of guanidine groups is 1. The van der Waals surface area contributed by atoms with Crippen LogP contribution in [0.4, 0.5) is 0 Å². The molecule has 1 aromatic rings. The average molecular weight is 407 g/mol. The van der Waals surface area contributed by atoms with Gasteiger partial charge in [0.05, 0.1) is 0 Å². The molecule has 0 aromatic heterocycles. The van der Waals surface area contributed by atoms with Gasteiger partial charge in [-0.2, -0.15) is 0 Å². The predicted octanol–water partition coefficient (Wildman–Crippen LogP) is 3.57. The minimum Gasteiger partial charge on any atom is -0.369 e. The van der Waals surface area contributed by atoms with Gasteiger partial charge in [-0.1, -0.05) is 67.5 Å². The number of benzene rings is 1. The van der Waals surface area contributed by atoms with Crippen molar-refractivity contribution in [3.8, 4) is 0 Å². The first-order valence-electron chi connectivity index (χ1n) is 11.3. The van der Waals surface area contributed by atoms with Gasteiger partial charge in [0, 0.05) is 19.1 Å². The Hall–Kier alpha value is -2.40. The predicted molar refractivity (Wildman–Crippen MR) is 122 cm³/mol. The summed E-state index contributed by atoms with van der Waals surface area (Å²) < 4.78 is 0. The zero-order chi connectivity index (χ0) is 21.0. The molecule has 1 saturated carbocycles. The molecule has 4 atom stereocenters. The molecule has 2 aliphatic carbocycles. The second kappa shape index (κ2) is 9.17. The Kier molecular flexibility index (Phi) is 6.38. The average Bonchev–Trinajstić information content (AvgIpc) is 2.98. The fourth-order valence-corrected chi connectivity index (χ4v) is 5.26. The summed E-state index contributed by atoms with van der Waals surface area (Å²) >= 11 is 0. The smallest absolute Gasteiger partial charge is 0.257 e. The molecule has 1 aliphatic heterocycles. The van der Waals surface area contributed by atoms with E-state index in [2.05, 4.69) is 53.9 Å². The Labute approximate surface area is 180 Å². The van der Waals surface area contributed by atoms with Crippen LogP contribution in [0.25, 0.3) is 0 Å². The third-order valence-corrected chi connectivity index (χ3v) is 6.88. The van der Waals surface area contributed by atoms with Crippen LogP contribution in [0.3, 0.4) is 0 Å². The van der Waals surface area contributed by atoms with Gasteiger partial charge in [-0.3, -0.25) is 9.69 Å². The second-order valence-corrected chi connectivity index (χ2v) is 9.11. The number of nitrogens with one attached hydrogen (secondary N) is 1. The van der Waals surface area contributed by atoms with E-state index in [1.807, 2.05) is 6.07 Å². The highest BCUT2D eigenvalue weighted by Crippen LogP contribution is 2.38. The number of nitrogens with two attached hydrogens (primary N) is 1. The van der Waals surface area contributed by atoms with Crippen LogP contribution in [0.2, 0.25) is 0 Å². The number of likely N-dealkylation sites (N-methyl/N-ethyl adjacent to an activating group) is 1. The number of nitrogens with zero attached hydrogens (tertiary/aromatic N) is 2. The molecule has 3 N–H and O–H groups in total. The molecule has 1 heterocycles. The SMILES string of the molecule is CN1C(=O)[C@@](CCc2ccccc2)(C[C@H]2CCC[C@@H](NC3C=CC=CC3)C2)N=C1N. The van der Waals surface area contributed by atoms with Gasteiger partial charge >= 0.3 is 0 Å². The molecule has 5 nitrogen and oxygen atoms in total. The van der Waals surface area contributed by atoms with Crippen LogP contribution in [-0.4, -0.2) is 41.4 Å². The Morgan fingerprint density at radius 3 is 2.77 bits per heavy atom. The third-order valence-electron chi connectivity index (χ3n) is 6.88. The molecule has 160 valence electrons. The van der Waals surface area contributed by atoms with Crippen LogP contribution in [0.15, 0.2) is 59.6 Å². The van der Waals surface area contributed by atoms with E-state index in [4.69, 9.17) is 10.7 Å². The molecule has 0 bridgehead atoms. The van der Waals surface area contributed by atoms with E-state index in [0.717, 1.165) is 32.1 Å². The quantitative estimate of drug-likeness (QED) is 0.727. The maximum Gasteiger partial charge on any atom is 0.257 e. The highest BCUT2D eigenvalue weighted by Gasteiger charge is 2.47. The van der Waals surface area contributed by atoms with Gasteiger partial charge in [0.25, 0.3) is 5.91 Å². The number of amides is 1. The molecule has 4 rings (SSSR count). The van der Waals surface area contributed by atoms with Crippen molar-refractivity contribution in [2.24, 2.45) is 16.6 Å². The van der Waals surface area contributed by atoms with Gasteiger partial charge in [0.1, 0.15) is 5.54 Å². The molecule has 0 radical (unpaired) electrons. The summed E-state index contributed by atoms with van der Waals surface area (Å²) in [5, 5.41) is 3.82. The monoisotopic (exact) mass is 406 g/mol. The Morgan fingerprint density at radius 2 is 2.07 bits per heavy atom. The number of rotatable bonds is 7. The van der Waals surface area contributed by atoms with Crippen molar-refractivity contribution >= 4 is 11.9 Å². The molecule has 1 fully saturated rings. The van der Waals surface area contributed by atoms with Gasteiger partial charge < -0.3 is 11.1 Å². The fraction of sp³-hybridized carbons (Fsp3) is 0.520. The Bertz CT molecular complexity index is 831. The number of carbonyl (C=O) groups is 1. The molecular weight excluding hydrogens is 372 g/mol. The van der Waals surface area contributed by atoms with Crippen molar-refractivity contribution in [2.75, 3.05) is 7.05 Å². The summed E-state index contributed by atoms with van der Waals surface area (Å²) in [4.78, 5) is 19.5. The summed E-state index contributed by atoms with van der Waals surface area (Å²) in [6.07, 6.45) is 16.8. The van der Waals surface area contributed by atoms with Gasteiger partial charge in [0.2, 0.25) is 0 Å². The van der Waals surface area contributed by atoms with Crippen molar-refractivity contribution in [3.05, 3.63) is 60.2 Å². The largest absolute Gasteiger partial charge is 0.369 e. The van der Waals surface area contributed by atoms with Crippen LogP contribution in [0.1, 0.15) is 50.5 Å². The number of aryl methyl sites for hydroxylation is 1. The number of aliphatic imine (C=N–C) groups is 1. The van der Waals surface area contributed by atoms with Crippen LogP contribution >= 0.6 is 0 Å². The molecule has 1 aromatic carbocycles.